The largest absolute Gasteiger partial charge is 0.462 e. The molecule has 0 saturated heterocycles. The molecule has 0 saturated carbocycles. The Balaban J connectivity index is 2.22. The lowest BCUT2D eigenvalue weighted by molar-refractivity contribution is 0.0526. The van der Waals surface area contributed by atoms with E-state index in [1.165, 1.54) is 23.1 Å². The Morgan fingerprint density at radius 1 is 1.36 bits per heavy atom. The lowest BCUT2D eigenvalue weighted by Crippen LogP contribution is -2.13. The zero-order chi connectivity index (χ0) is 16.2. The molecule has 0 amide bonds. The summed E-state index contributed by atoms with van der Waals surface area (Å²) in [6, 6.07) is 6.13. The van der Waals surface area contributed by atoms with E-state index in [2.05, 4.69) is 9.82 Å². The Labute approximate surface area is 129 Å². The van der Waals surface area contributed by atoms with Crippen LogP contribution in [0.25, 0.3) is 0 Å². The molecule has 0 spiro atoms. The van der Waals surface area contributed by atoms with Crippen LogP contribution < -0.4 is 4.72 Å². The number of nitrogens with zero attached hydrogens (tertiary/aromatic N) is 2. The van der Waals surface area contributed by atoms with Gasteiger partial charge >= 0.3 is 5.97 Å². The highest BCUT2D eigenvalue weighted by atomic mass is 32.2. The third kappa shape index (κ3) is 3.64. The van der Waals surface area contributed by atoms with Gasteiger partial charge in [-0.3, -0.25) is 9.40 Å². The molecule has 1 heterocycles. The molecule has 0 aliphatic rings. The Morgan fingerprint density at radius 3 is 2.77 bits per heavy atom. The van der Waals surface area contributed by atoms with Gasteiger partial charge in [-0.15, -0.1) is 0 Å². The molecule has 0 atom stereocenters. The molecule has 0 radical (unpaired) electrons. The summed E-state index contributed by atoms with van der Waals surface area (Å²) < 4.78 is 33.3. The topological polar surface area (TPSA) is 90.3 Å². The van der Waals surface area contributed by atoms with Gasteiger partial charge in [-0.1, -0.05) is 6.07 Å². The van der Waals surface area contributed by atoms with Crippen molar-refractivity contribution in [2.24, 2.45) is 0 Å². The third-order valence-electron chi connectivity index (χ3n) is 2.87. The van der Waals surface area contributed by atoms with Crippen LogP contribution in [0.15, 0.2) is 41.6 Å². The van der Waals surface area contributed by atoms with E-state index in [4.69, 9.17) is 4.74 Å². The number of aromatic nitrogens is 2. The van der Waals surface area contributed by atoms with Gasteiger partial charge < -0.3 is 4.74 Å². The fourth-order valence-corrected chi connectivity index (χ4v) is 2.80. The van der Waals surface area contributed by atoms with Gasteiger partial charge in [0.25, 0.3) is 10.0 Å². The highest BCUT2D eigenvalue weighted by Crippen LogP contribution is 2.17. The molecule has 22 heavy (non-hydrogen) atoms. The second-order valence-electron chi connectivity index (χ2n) is 4.44. The van der Waals surface area contributed by atoms with Crippen LogP contribution in [-0.2, 0) is 21.3 Å². The summed E-state index contributed by atoms with van der Waals surface area (Å²) in [5, 5.41) is 3.94. The van der Waals surface area contributed by atoms with Crippen LogP contribution in [0.5, 0.6) is 0 Å². The van der Waals surface area contributed by atoms with Gasteiger partial charge in [-0.25, -0.2) is 13.2 Å². The van der Waals surface area contributed by atoms with Crippen molar-refractivity contribution >= 4 is 21.7 Å². The number of aryl methyl sites for hydroxylation is 1. The predicted molar refractivity (Wildman–Crippen MR) is 81.1 cm³/mol. The highest BCUT2D eigenvalue weighted by molar-refractivity contribution is 7.92. The van der Waals surface area contributed by atoms with E-state index in [1.807, 2.05) is 6.92 Å². The molecule has 7 nitrogen and oxygen atoms in total. The number of sulfonamides is 1. The summed E-state index contributed by atoms with van der Waals surface area (Å²) in [5.41, 5.74) is 0.570. The fourth-order valence-electron chi connectivity index (χ4n) is 1.79. The average Bonchev–Trinajstić information content (AvgIpc) is 2.97. The number of hydrogen-bond donors (Lipinski definition) is 1. The number of rotatable bonds is 6. The van der Waals surface area contributed by atoms with Crippen LogP contribution in [0.3, 0.4) is 0 Å². The minimum Gasteiger partial charge on any atom is -0.462 e. The standard InChI is InChI=1S/C14H17N3O4S/c1-3-17-10-13(9-15-17)22(19,20)16-12-7-5-6-11(8-12)14(18)21-4-2/h5-10,16H,3-4H2,1-2H3. The van der Waals surface area contributed by atoms with Crippen molar-refractivity contribution in [2.45, 2.75) is 25.3 Å². The third-order valence-corrected chi connectivity index (χ3v) is 4.21. The number of nitrogens with one attached hydrogen (secondary N) is 1. The van der Waals surface area contributed by atoms with E-state index in [0.29, 0.717) is 6.54 Å². The number of esters is 1. The smallest absolute Gasteiger partial charge is 0.338 e. The zero-order valence-electron chi connectivity index (χ0n) is 12.3. The monoisotopic (exact) mass is 323 g/mol. The molecule has 2 aromatic rings. The Bertz CT molecular complexity index is 768. The molecule has 0 aliphatic carbocycles. The highest BCUT2D eigenvalue weighted by Gasteiger charge is 2.17. The first-order chi connectivity index (χ1) is 10.5. The quantitative estimate of drug-likeness (QED) is 0.820. The van der Waals surface area contributed by atoms with E-state index >= 15 is 0 Å². The van der Waals surface area contributed by atoms with Crippen LogP contribution in [-0.4, -0.2) is 30.8 Å². The summed E-state index contributed by atoms with van der Waals surface area (Å²) >= 11 is 0. The van der Waals surface area contributed by atoms with Gasteiger partial charge in [0.1, 0.15) is 4.90 Å². The fraction of sp³-hybridized carbons (Fsp3) is 0.286. The number of carbonyl (C=O) groups is 1. The first kappa shape index (κ1) is 16.0. The second kappa shape index (κ2) is 6.61. The van der Waals surface area contributed by atoms with Crippen molar-refractivity contribution in [3.8, 4) is 0 Å². The summed E-state index contributed by atoms with van der Waals surface area (Å²) in [6.07, 6.45) is 2.72. The maximum Gasteiger partial charge on any atom is 0.338 e. The number of benzene rings is 1. The number of hydrogen-bond acceptors (Lipinski definition) is 5. The molecular formula is C14H17N3O4S. The molecule has 0 fully saturated rings. The van der Waals surface area contributed by atoms with E-state index in [-0.39, 0.29) is 22.8 Å². The van der Waals surface area contributed by atoms with E-state index < -0.39 is 16.0 Å². The van der Waals surface area contributed by atoms with E-state index in [9.17, 15) is 13.2 Å². The van der Waals surface area contributed by atoms with Crippen molar-refractivity contribution in [1.82, 2.24) is 9.78 Å². The Kier molecular flexibility index (Phi) is 4.81. The lowest BCUT2D eigenvalue weighted by atomic mass is 10.2. The summed E-state index contributed by atoms with van der Waals surface area (Å²) in [6.45, 7) is 4.40. The number of anilines is 1. The molecule has 0 aliphatic heterocycles. The molecule has 0 unspecified atom stereocenters. The number of carbonyl (C=O) groups excluding carboxylic acids is 1. The van der Waals surface area contributed by atoms with Gasteiger partial charge in [0, 0.05) is 18.4 Å². The van der Waals surface area contributed by atoms with Crippen molar-refractivity contribution in [3.05, 3.63) is 42.2 Å². The van der Waals surface area contributed by atoms with Gasteiger partial charge in [-0.05, 0) is 32.0 Å². The summed E-state index contributed by atoms with van der Waals surface area (Å²) in [5.74, 6) is -0.498. The molecule has 1 N–H and O–H groups in total. The van der Waals surface area contributed by atoms with Crippen LogP contribution >= 0.6 is 0 Å². The Hall–Kier alpha value is -2.35. The first-order valence-electron chi connectivity index (χ1n) is 6.78. The summed E-state index contributed by atoms with van der Waals surface area (Å²) in [7, 11) is -3.74. The van der Waals surface area contributed by atoms with Crippen molar-refractivity contribution in [2.75, 3.05) is 11.3 Å². The molecule has 2 rings (SSSR count). The normalized spacial score (nSPS) is 11.2. The van der Waals surface area contributed by atoms with Crippen molar-refractivity contribution in [3.63, 3.8) is 0 Å². The zero-order valence-corrected chi connectivity index (χ0v) is 13.1. The molecule has 1 aromatic carbocycles. The predicted octanol–water partition coefficient (Wildman–Crippen LogP) is 1.88. The van der Waals surface area contributed by atoms with E-state index in [0.717, 1.165) is 0 Å². The van der Waals surface area contributed by atoms with Crippen molar-refractivity contribution < 1.29 is 17.9 Å². The van der Waals surface area contributed by atoms with Crippen molar-refractivity contribution in [1.29, 1.82) is 0 Å². The molecule has 118 valence electrons. The van der Waals surface area contributed by atoms with Gasteiger partial charge in [-0.2, -0.15) is 5.10 Å². The summed E-state index contributed by atoms with van der Waals surface area (Å²) in [4.78, 5) is 11.7. The van der Waals surface area contributed by atoms with Crippen LogP contribution in [0.1, 0.15) is 24.2 Å². The van der Waals surface area contributed by atoms with Gasteiger partial charge in [0.15, 0.2) is 0 Å². The number of ether oxygens (including phenoxy) is 1. The molecule has 0 bridgehead atoms. The Morgan fingerprint density at radius 2 is 2.14 bits per heavy atom. The van der Waals surface area contributed by atoms with Gasteiger partial charge in [0.2, 0.25) is 0 Å². The second-order valence-corrected chi connectivity index (χ2v) is 6.12. The molecule has 1 aromatic heterocycles. The molecule has 8 heteroatoms. The SMILES string of the molecule is CCOC(=O)c1cccc(NS(=O)(=O)c2cnn(CC)c2)c1. The minimum absolute atomic E-state index is 0.0656. The van der Waals surface area contributed by atoms with E-state index in [1.54, 1.807) is 25.1 Å². The average molecular weight is 323 g/mol. The lowest BCUT2D eigenvalue weighted by Gasteiger charge is -2.08. The maximum absolute atomic E-state index is 12.3. The maximum atomic E-state index is 12.3. The van der Waals surface area contributed by atoms with Crippen LogP contribution in [0, 0.1) is 0 Å². The first-order valence-corrected chi connectivity index (χ1v) is 8.27. The van der Waals surface area contributed by atoms with Crippen LogP contribution in [0.4, 0.5) is 5.69 Å². The van der Waals surface area contributed by atoms with Gasteiger partial charge in [0.05, 0.1) is 18.4 Å². The minimum atomic E-state index is -3.74. The molecular weight excluding hydrogens is 306 g/mol. The van der Waals surface area contributed by atoms with Crippen LogP contribution in [0.2, 0.25) is 0 Å².